The monoisotopic (exact) mass is 449 g/mol. The highest BCUT2D eigenvalue weighted by Gasteiger charge is 2.20. The summed E-state index contributed by atoms with van der Waals surface area (Å²) in [7, 11) is 0. The number of hydrogen-bond acceptors (Lipinski definition) is 5. The minimum Gasteiger partial charge on any atom is -0.492 e. The molecule has 4 aromatic rings. The predicted molar refractivity (Wildman–Crippen MR) is 120 cm³/mol. The number of ether oxygens (including phenoxy) is 1. The van der Waals surface area contributed by atoms with Crippen molar-refractivity contribution in [2.45, 2.75) is 12.6 Å². The fraction of sp³-hybridized carbons (Fsp3) is 0.125. The highest BCUT2D eigenvalue weighted by molar-refractivity contribution is 7.10. The lowest BCUT2D eigenvalue weighted by Gasteiger charge is -2.18. The first-order valence-electron chi connectivity index (χ1n) is 9.96. The van der Waals surface area contributed by atoms with Crippen molar-refractivity contribution in [1.29, 1.82) is 0 Å². The summed E-state index contributed by atoms with van der Waals surface area (Å²) in [5.74, 6) is -0.102. The minimum atomic E-state index is -0.466. The molecule has 162 valence electrons. The Balaban J connectivity index is 1.49. The number of para-hydroxylation sites is 1. The molecule has 0 saturated carbocycles. The molecule has 1 atom stereocenters. The molecule has 1 unspecified atom stereocenters. The molecule has 0 aliphatic rings. The number of benzene rings is 2. The van der Waals surface area contributed by atoms with Crippen LogP contribution in [0.5, 0.6) is 5.75 Å². The Morgan fingerprint density at radius 1 is 1.03 bits per heavy atom. The zero-order chi connectivity index (χ0) is 22.3. The van der Waals surface area contributed by atoms with Crippen molar-refractivity contribution in [2.24, 2.45) is 0 Å². The average Bonchev–Trinajstić information content (AvgIpc) is 3.35. The predicted octanol–water partition coefficient (Wildman–Crippen LogP) is 4.04. The molecule has 6 nitrogen and oxygen atoms in total. The standard InChI is InChI=1S/C24H20FN3O3S/c25-18-10-8-17(9-11-18)23(21-7-4-16-32-21)26-24(30)20-12-13-22(29)28(27-20)14-15-31-19-5-2-1-3-6-19/h1-13,16,23H,14-15H2,(H,26,30). The number of amides is 1. The van der Waals surface area contributed by atoms with Crippen LogP contribution in [0, 0.1) is 5.82 Å². The van der Waals surface area contributed by atoms with Crippen molar-refractivity contribution < 1.29 is 13.9 Å². The lowest BCUT2D eigenvalue weighted by Crippen LogP contribution is -2.33. The third-order valence-corrected chi connectivity index (χ3v) is 5.66. The number of nitrogens with one attached hydrogen (secondary N) is 1. The maximum Gasteiger partial charge on any atom is 0.272 e. The lowest BCUT2D eigenvalue weighted by atomic mass is 10.0. The van der Waals surface area contributed by atoms with Crippen molar-refractivity contribution >= 4 is 17.2 Å². The number of carbonyl (C=O) groups is 1. The van der Waals surface area contributed by atoms with E-state index in [-0.39, 0.29) is 30.2 Å². The zero-order valence-electron chi connectivity index (χ0n) is 17.0. The summed E-state index contributed by atoms with van der Waals surface area (Å²) >= 11 is 1.48. The first kappa shape index (κ1) is 21.5. The van der Waals surface area contributed by atoms with E-state index >= 15 is 0 Å². The summed E-state index contributed by atoms with van der Waals surface area (Å²) < 4.78 is 20.2. The zero-order valence-corrected chi connectivity index (χ0v) is 17.8. The van der Waals surface area contributed by atoms with Crippen LogP contribution in [0.1, 0.15) is 27.0 Å². The number of rotatable bonds is 8. The van der Waals surface area contributed by atoms with Crippen LogP contribution < -0.4 is 15.6 Å². The van der Waals surface area contributed by atoms with E-state index < -0.39 is 11.9 Å². The molecule has 0 aliphatic carbocycles. The van der Waals surface area contributed by atoms with Crippen molar-refractivity contribution in [3.8, 4) is 5.75 Å². The molecule has 0 fully saturated rings. The van der Waals surface area contributed by atoms with Crippen LogP contribution in [-0.4, -0.2) is 22.3 Å². The maximum atomic E-state index is 13.4. The Morgan fingerprint density at radius 3 is 2.53 bits per heavy atom. The number of thiophene rings is 1. The van der Waals surface area contributed by atoms with E-state index in [1.165, 1.54) is 40.3 Å². The summed E-state index contributed by atoms with van der Waals surface area (Å²) in [6, 6.07) is 21.2. The summed E-state index contributed by atoms with van der Waals surface area (Å²) in [5, 5.41) is 9.05. The molecule has 8 heteroatoms. The van der Waals surface area contributed by atoms with E-state index in [1.807, 2.05) is 47.8 Å². The van der Waals surface area contributed by atoms with Crippen molar-refractivity contribution in [2.75, 3.05) is 6.61 Å². The van der Waals surface area contributed by atoms with E-state index in [1.54, 1.807) is 12.1 Å². The third kappa shape index (κ3) is 5.28. The second kappa shape index (κ2) is 10.0. The molecule has 0 saturated heterocycles. The van der Waals surface area contributed by atoms with Gasteiger partial charge in [0, 0.05) is 10.9 Å². The van der Waals surface area contributed by atoms with E-state index in [4.69, 9.17) is 4.74 Å². The van der Waals surface area contributed by atoms with Crippen LogP contribution in [0.2, 0.25) is 0 Å². The molecular formula is C24H20FN3O3S. The van der Waals surface area contributed by atoms with Gasteiger partial charge in [0.25, 0.3) is 11.5 Å². The van der Waals surface area contributed by atoms with E-state index in [9.17, 15) is 14.0 Å². The second-order valence-corrected chi connectivity index (χ2v) is 7.89. The largest absolute Gasteiger partial charge is 0.492 e. The summed E-state index contributed by atoms with van der Waals surface area (Å²) in [5.41, 5.74) is 0.520. The van der Waals surface area contributed by atoms with Gasteiger partial charge < -0.3 is 10.1 Å². The molecule has 2 heterocycles. The SMILES string of the molecule is O=C(NC(c1ccc(F)cc1)c1cccs1)c1ccc(=O)n(CCOc2ccccc2)n1. The van der Waals surface area contributed by atoms with Gasteiger partial charge in [-0.3, -0.25) is 9.59 Å². The molecule has 0 spiro atoms. The highest BCUT2D eigenvalue weighted by Crippen LogP contribution is 2.26. The Kier molecular flexibility index (Phi) is 6.72. The topological polar surface area (TPSA) is 73.2 Å². The van der Waals surface area contributed by atoms with E-state index in [0.29, 0.717) is 5.75 Å². The first-order valence-corrected chi connectivity index (χ1v) is 10.8. The summed E-state index contributed by atoms with van der Waals surface area (Å²) in [6.07, 6.45) is 0. The fourth-order valence-corrected chi connectivity index (χ4v) is 3.93. The van der Waals surface area contributed by atoms with Crippen LogP contribution in [0.3, 0.4) is 0 Å². The van der Waals surface area contributed by atoms with Gasteiger partial charge in [-0.1, -0.05) is 36.4 Å². The number of nitrogens with zero attached hydrogens (tertiary/aromatic N) is 2. The quantitative estimate of drug-likeness (QED) is 0.441. The molecule has 1 amide bonds. The van der Waals surface area contributed by atoms with Gasteiger partial charge in [0.2, 0.25) is 0 Å². The molecule has 32 heavy (non-hydrogen) atoms. The van der Waals surface area contributed by atoms with Crippen LogP contribution >= 0.6 is 11.3 Å². The molecule has 2 aromatic carbocycles. The Hall–Kier alpha value is -3.78. The first-order chi connectivity index (χ1) is 15.6. The third-order valence-electron chi connectivity index (χ3n) is 4.72. The minimum absolute atomic E-state index is 0.105. The maximum absolute atomic E-state index is 13.4. The molecule has 0 bridgehead atoms. The normalized spacial score (nSPS) is 11.7. The molecular weight excluding hydrogens is 429 g/mol. The highest BCUT2D eigenvalue weighted by atomic mass is 32.1. The van der Waals surface area contributed by atoms with Gasteiger partial charge in [0.15, 0.2) is 0 Å². The Bertz CT molecular complexity index is 1230. The van der Waals surface area contributed by atoms with Crippen LogP contribution in [-0.2, 0) is 6.54 Å². The number of aromatic nitrogens is 2. The average molecular weight is 450 g/mol. The van der Waals surface area contributed by atoms with Gasteiger partial charge in [0.05, 0.1) is 12.6 Å². The summed E-state index contributed by atoms with van der Waals surface area (Å²) in [6.45, 7) is 0.427. The van der Waals surface area contributed by atoms with E-state index in [0.717, 1.165) is 10.4 Å². The van der Waals surface area contributed by atoms with Crippen LogP contribution in [0.15, 0.2) is 89.0 Å². The van der Waals surface area contributed by atoms with Crippen molar-refractivity contribution in [1.82, 2.24) is 15.1 Å². The van der Waals surface area contributed by atoms with Gasteiger partial charge >= 0.3 is 0 Å². The van der Waals surface area contributed by atoms with Gasteiger partial charge in [-0.25, -0.2) is 9.07 Å². The van der Waals surface area contributed by atoms with Crippen molar-refractivity contribution in [3.63, 3.8) is 0 Å². The molecule has 0 aliphatic heterocycles. The van der Waals surface area contributed by atoms with Crippen molar-refractivity contribution in [3.05, 3.63) is 117 Å². The number of carbonyl (C=O) groups excluding carboxylic acids is 1. The molecule has 4 rings (SSSR count). The molecule has 2 aromatic heterocycles. The molecule has 1 N–H and O–H groups in total. The lowest BCUT2D eigenvalue weighted by molar-refractivity contribution is 0.0935. The van der Waals surface area contributed by atoms with Crippen LogP contribution in [0.25, 0.3) is 0 Å². The van der Waals surface area contributed by atoms with Gasteiger partial charge in [-0.2, -0.15) is 5.10 Å². The van der Waals surface area contributed by atoms with Gasteiger partial charge in [0.1, 0.15) is 23.9 Å². The smallest absolute Gasteiger partial charge is 0.272 e. The van der Waals surface area contributed by atoms with Crippen LogP contribution in [0.4, 0.5) is 4.39 Å². The Morgan fingerprint density at radius 2 is 1.81 bits per heavy atom. The number of hydrogen-bond donors (Lipinski definition) is 1. The second-order valence-electron chi connectivity index (χ2n) is 6.91. The molecule has 0 radical (unpaired) electrons. The fourth-order valence-electron chi connectivity index (χ4n) is 3.13. The number of halogens is 1. The van der Waals surface area contributed by atoms with E-state index in [2.05, 4.69) is 10.4 Å². The van der Waals surface area contributed by atoms with Gasteiger partial charge in [-0.15, -0.1) is 11.3 Å². The summed E-state index contributed by atoms with van der Waals surface area (Å²) in [4.78, 5) is 26.0. The Labute approximate surface area is 187 Å². The van der Waals surface area contributed by atoms with Gasteiger partial charge in [-0.05, 0) is 47.3 Å².